The number of ketones is 2. The van der Waals surface area contributed by atoms with Gasteiger partial charge in [0.25, 0.3) is 0 Å². The standard InChI is InChI=1S/C18H10ClNO2S/c19-10-6-7-13-12(8-10)16-17(20-13)14(21)9-15(18(16)22)23-11-4-2-1-3-5-11/h1-9,20H. The highest BCUT2D eigenvalue weighted by Gasteiger charge is 2.30. The van der Waals surface area contributed by atoms with Crippen molar-refractivity contribution < 1.29 is 9.59 Å². The first kappa shape index (κ1) is 14.3. The van der Waals surface area contributed by atoms with Crippen LogP contribution in [0.5, 0.6) is 0 Å². The molecule has 1 aliphatic carbocycles. The second-order valence-electron chi connectivity index (χ2n) is 5.18. The highest BCUT2D eigenvalue weighted by Crippen LogP contribution is 2.36. The van der Waals surface area contributed by atoms with E-state index in [9.17, 15) is 9.59 Å². The smallest absolute Gasteiger partial charge is 0.204 e. The molecule has 4 rings (SSSR count). The number of carbonyl (C=O) groups excluding carboxylic acids is 2. The van der Waals surface area contributed by atoms with Gasteiger partial charge in [-0.25, -0.2) is 0 Å². The normalized spacial score (nSPS) is 14.0. The van der Waals surface area contributed by atoms with Crippen LogP contribution in [0.1, 0.15) is 20.8 Å². The van der Waals surface area contributed by atoms with E-state index in [-0.39, 0.29) is 11.6 Å². The maximum Gasteiger partial charge on any atom is 0.204 e. The number of hydrogen-bond donors (Lipinski definition) is 1. The van der Waals surface area contributed by atoms with Crippen molar-refractivity contribution in [1.82, 2.24) is 4.98 Å². The lowest BCUT2D eigenvalue weighted by Crippen LogP contribution is -2.14. The van der Waals surface area contributed by atoms with Crippen molar-refractivity contribution in [3.05, 3.63) is 75.8 Å². The minimum Gasteiger partial charge on any atom is -0.351 e. The van der Waals surface area contributed by atoms with Gasteiger partial charge in [-0.1, -0.05) is 41.6 Å². The van der Waals surface area contributed by atoms with Crippen LogP contribution >= 0.6 is 23.4 Å². The maximum atomic E-state index is 12.8. The van der Waals surface area contributed by atoms with Gasteiger partial charge in [-0.15, -0.1) is 0 Å². The highest BCUT2D eigenvalue weighted by molar-refractivity contribution is 8.04. The number of benzene rings is 2. The number of hydrogen-bond acceptors (Lipinski definition) is 3. The molecule has 112 valence electrons. The fraction of sp³-hybridized carbons (Fsp3) is 0. The molecule has 0 aliphatic heterocycles. The van der Waals surface area contributed by atoms with E-state index in [0.717, 1.165) is 10.4 Å². The van der Waals surface area contributed by atoms with Crippen LogP contribution in [0.2, 0.25) is 5.02 Å². The van der Waals surface area contributed by atoms with E-state index in [2.05, 4.69) is 4.98 Å². The molecule has 0 bridgehead atoms. The average Bonchev–Trinajstić information content (AvgIpc) is 2.93. The first-order valence-electron chi connectivity index (χ1n) is 6.98. The number of aromatic amines is 1. The Morgan fingerprint density at radius 2 is 1.78 bits per heavy atom. The van der Waals surface area contributed by atoms with Gasteiger partial charge in [0.2, 0.25) is 11.6 Å². The summed E-state index contributed by atoms with van der Waals surface area (Å²) in [6.07, 6.45) is 1.40. The van der Waals surface area contributed by atoms with Crippen molar-refractivity contribution in [2.24, 2.45) is 0 Å². The molecule has 3 nitrogen and oxygen atoms in total. The molecule has 0 radical (unpaired) electrons. The van der Waals surface area contributed by atoms with Crippen LogP contribution in [0.25, 0.3) is 10.9 Å². The number of nitrogens with one attached hydrogen (secondary N) is 1. The third kappa shape index (κ3) is 2.40. The molecule has 1 aliphatic rings. The van der Waals surface area contributed by atoms with Gasteiger partial charge in [-0.2, -0.15) is 0 Å². The number of aromatic nitrogens is 1. The van der Waals surface area contributed by atoms with Crippen molar-refractivity contribution in [2.75, 3.05) is 0 Å². The number of halogens is 1. The van der Waals surface area contributed by atoms with Gasteiger partial charge < -0.3 is 4.98 Å². The number of carbonyl (C=O) groups is 2. The zero-order valence-electron chi connectivity index (χ0n) is 11.8. The Morgan fingerprint density at radius 3 is 2.57 bits per heavy atom. The molecular formula is C18H10ClNO2S. The quantitative estimate of drug-likeness (QED) is 0.724. The SMILES string of the molecule is O=C1C=C(Sc2ccccc2)C(=O)c2c1[nH]c1ccc(Cl)cc21. The van der Waals surface area contributed by atoms with Crippen LogP contribution in [0.15, 0.2) is 64.4 Å². The van der Waals surface area contributed by atoms with Crippen LogP contribution in [0.3, 0.4) is 0 Å². The van der Waals surface area contributed by atoms with E-state index < -0.39 is 0 Å². The lowest BCUT2D eigenvalue weighted by atomic mass is 9.99. The Kier molecular flexibility index (Phi) is 3.36. The summed E-state index contributed by atoms with van der Waals surface area (Å²) < 4.78 is 0. The van der Waals surface area contributed by atoms with Gasteiger partial charge in [-0.3, -0.25) is 9.59 Å². The van der Waals surface area contributed by atoms with Crippen LogP contribution in [0.4, 0.5) is 0 Å². The number of fused-ring (bicyclic) bond motifs is 3. The zero-order chi connectivity index (χ0) is 16.0. The lowest BCUT2D eigenvalue weighted by Gasteiger charge is -2.11. The Labute approximate surface area is 141 Å². The van der Waals surface area contributed by atoms with E-state index in [1.165, 1.54) is 17.8 Å². The van der Waals surface area contributed by atoms with Crippen LogP contribution in [0, 0.1) is 0 Å². The second-order valence-corrected chi connectivity index (χ2v) is 6.73. The summed E-state index contributed by atoms with van der Waals surface area (Å²) in [5.41, 5.74) is 1.48. The summed E-state index contributed by atoms with van der Waals surface area (Å²) in [4.78, 5) is 29.6. The fourth-order valence-corrected chi connectivity index (χ4v) is 3.74. The summed E-state index contributed by atoms with van der Waals surface area (Å²) in [6.45, 7) is 0. The molecule has 23 heavy (non-hydrogen) atoms. The van der Waals surface area contributed by atoms with Crippen molar-refractivity contribution >= 4 is 45.8 Å². The van der Waals surface area contributed by atoms with Gasteiger partial charge in [0.15, 0.2) is 0 Å². The van der Waals surface area contributed by atoms with E-state index >= 15 is 0 Å². The number of Topliss-reactive ketones (excluding diaryl/α,β-unsaturated/α-hetero) is 1. The van der Waals surface area contributed by atoms with Crippen molar-refractivity contribution in [3.8, 4) is 0 Å². The Morgan fingerprint density at radius 1 is 1.00 bits per heavy atom. The molecule has 1 heterocycles. The molecule has 1 N–H and O–H groups in total. The number of thioether (sulfide) groups is 1. The van der Waals surface area contributed by atoms with Gasteiger partial charge in [0.1, 0.15) is 0 Å². The highest BCUT2D eigenvalue weighted by atomic mass is 35.5. The molecule has 0 amide bonds. The van der Waals surface area contributed by atoms with Crippen molar-refractivity contribution in [3.63, 3.8) is 0 Å². The second kappa shape index (κ2) is 5.41. The van der Waals surface area contributed by atoms with E-state index in [1.807, 2.05) is 30.3 Å². The van der Waals surface area contributed by atoms with E-state index in [4.69, 9.17) is 11.6 Å². The van der Waals surface area contributed by atoms with Crippen LogP contribution in [-0.2, 0) is 0 Å². The van der Waals surface area contributed by atoms with Gasteiger partial charge in [0.05, 0.1) is 16.2 Å². The lowest BCUT2D eigenvalue weighted by molar-refractivity contribution is 0.0990. The first-order chi connectivity index (χ1) is 11.1. The largest absolute Gasteiger partial charge is 0.351 e. The molecule has 0 saturated carbocycles. The summed E-state index contributed by atoms with van der Waals surface area (Å²) in [5, 5.41) is 1.22. The molecule has 0 atom stereocenters. The Hall–Kier alpha value is -2.30. The predicted molar refractivity (Wildman–Crippen MR) is 92.4 cm³/mol. The summed E-state index contributed by atoms with van der Waals surface area (Å²) in [5.74, 6) is -0.340. The molecule has 3 aromatic rings. The van der Waals surface area contributed by atoms with Crippen molar-refractivity contribution in [1.29, 1.82) is 0 Å². The molecule has 0 spiro atoms. The summed E-state index contributed by atoms with van der Waals surface area (Å²) in [6, 6.07) is 14.7. The Bertz CT molecular complexity index is 989. The molecule has 5 heteroatoms. The topological polar surface area (TPSA) is 49.9 Å². The van der Waals surface area contributed by atoms with Gasteiger partial charge in [0, 0.05) is 26.9 Å². The monoisotopic (exact) mass is 339 g/mol. The Balaban J connectivity index is 1.83. The van der Waals surface area contributed by atoms with Crippen LogP contribution in [-0.4, -0.2) is 16.6 Å². The molecule has 0 saturated heterocycles. The number of rotatable bonds is 2. The van der Waals surface area contributed by atoms with Crippen LogP contribution < -0.4 is 0 Å². The summed E-state index contributed by atoms with van der Waals surface area (Å²) >= 11 is 7.34. The van der Waals surface area contributed by atoms with Gasteiger partial charge in [-0.05, 0) is 30.3 Å². The minimum absolute atomic E-state index is 0.151. The number of allylic oxidation sites excluding steroid dienone is 2. The van der Waals surface area contributed by atoms with E-state index in [0.29, 0.717) is 26.6 Å². The molecule has 0 fully saturated rings. The van der Waals surface area contributed by atoms with E-state index in [1.54, 1.807) is 18.2 Å². The van der Waals surface area contributed by atoms with Gasteiger partial charge >= 0.3 is 0 Å². The van der Waals surface area contributed by atoms with Crippen molar-refractivity contribution in [2.45, 2.75) is 4.90 Å². The molecule has 0 unspecified atom stereocenters. The minimum atomic E-state index is -0.189. The fourth-order valence-electron chi connectivity index (χ4n) is 2.66. The third-order valence-corrected chi connectivity index (χ3v) is 4.96. The zero-order valence-corrected chi connectivity index (χ0v) is 13.4. The molecule has 2 aromatic carbocycles. The molecular weight excluding hydrogens is 330 g/mol. The predicted octanol–water partition coefficient (Wildman–Crippen LogP) is 4.88. The number of H-pyrrole nitrogens is 1. The third-order valence-electron chi connectivity index (χ3n) is 3.69. The average molecular weight is 340 g/mol. The maximum absolute atomic E-state index is 12.8. The summed E-state index contributed by atoms with van der Waals surface area (Å²) in [7, 11) is 0. The molecule has 1 aromatic heterocycles. The first-order valence-corrected chi connectivity index (χ1v) is 8.18.